The highest BCUT2D eigenvalue weighted by atomic mass is 32.1. The number of nitriles is 1. The molecule has 0 atom stereocenters. The van der Waals surface area contributed by atoms with Gasteiger partial charge in [0.2, 0.25) is 5.75 Å². The molecule has 5 nitrogen and oxygen atoms in total. The Morgan fingerprint density at radius 2 is 1.72 bits per heavy atom. The molecule has 148 valence electrons. The molecule has 0 N–H and O–H groups in total. The molecule has 1 aromatic heterocycles. The van der Waals surface area contributed by atoms with Crippen LogP contribution in [0.25, 0.3) is 22.9 Å². The number of allylic oxidation sites excluding steroid dienone is 1. The van der Waals surface area contributed by atoms with Crippen molar-refractivity contribution in [3.8, 4) is 34.6 Å². The second kappa shape index (κ2) is 8.80. The zero-order chi connectivity index (χ0) is 21.0. The molecule has 0 aliphatic heterocycles. The molecule has 1 heterocycles. The van der Waals surface area contributed by atoms with E-state index >= 15 is 0 Å². The first-order valence-electron chi connectivity index (χ1n) is 8.96. The number of aromatic nitrogens is 1. The summed E-state index contributed by atoms with van der Waals surface area (Å²) >= 11 is 1.45. The zero-order valence-electron chi connectivity index (χ0n) is 17.1. The first kappa shape index (κ1) is 20.4. The largest absolute Gasteiger partial charge is 0.493 e. The van der Waals surface area contributed by atoms with Gasteiger partial charge in [0.1, 0.15) is 11.1 Å². The highest BCUT2D eigenvalue weighted by Crippen LogP contribution is 2.39. The maximum Gasteiger partial charge on any atom is 0.203 e. The van der Waals surface area contributed by atoms with Crippen molar-refractivity contribution in [2.24, 2.45) is 0 Å². The smallest absolute Gasteiger partial charge is 0.203 e. The topological polar surface area (TPSA) is 64.4 Å². The van der Waals surface area contributed by atoms with E-state index in [4.69, 9.17) is 19.2 Å². The summed E-state index contributed by atoms with van der Waals surface area (Å²) < 4.78 is 16.1. The quantitative estimate of drug-likeness (QED) is 0.505. The van der Waals surface area contributed by atoms with Gasteiger partial charge in [0.05, 0.1) is 32.6 Å². The second-order valence-electron chi connectivity index (χ2n) is 6.48. The van der Waals surface area contributed by atoms with Crippen LogP contribution in [0.2, 0.25) is 0 Å². The summed E-state index contributed by atoms with van der Waals surface area (Å²) in [7, 11) is 4.68. The standard InChI is InChI=1S/C23H22N2O3S/c1-14-6-7-18(15(2)8-14)19-13-29-23(25-19)17(12-24)9-16-10-20(26-3)22(28-5)21(11-16)27-4/h6-11,13H,1-5H3/b17-9-. The Morgan fingerprint density at radius 3 is 2.28 bits per heavy atom. The summed E-state index contributed by atoms with van der Waals surface area (Å²) in [5.74, 6) is 1.58. The van der Waals surface area contributed by atoms with Crippen molar-refractivity contribution in [2.75, 3.05) is 21.3 Å². The number of rotatable bonds is 6. The minimum absolute atomic E-state index is 0.472. The highest BCUT2D eigenvalue weighted by molar-refractivity contribution is 7.11. The summed E-state index contributed by atoms with van der Waals surface area (Å²) in [6, 6.07) is 12.1. The lowest BCUT2D eigenvalue weighted by molar-refractivity contribution is 0.324. The van der Waals surface area contributed by atoms with Crippen molar-refractivity contribution in [2.45, 2.75) is 13.8 Å². The molecule has 6 heteroatoms. The third kappa shape index (κ3) is 4.25. The van der Waals surface area contributed by atoms with E-state index in [0.29, 0.717) is 27.8 Å². The van der Waals surface area contributed by atoms with Crippen LogP contribution in [0.5, 0.6) is 17.2 Å². The van der Waals surface area contributed by atoms with E-state index in [0.717, 1.165) is 22.4 Å². The van der Waals surface area contributed by atoms with E-state index in [9.17, 15) is 5.26 Å². The van der Waals surface area contributed by atoms with E-state index in [1.165, 1.54) is 16.9 Å². The van der Waals surface area contributed by atoms with Crippen LogP contribution in [-0.2, 0) is 0 Å². The van der Waals surface area contributed by atoms with Crippen LogP contribution in [0, 0.1) is 25.2 Å². The minimum atomic E-state index is 0.472. The molecule has 0 aliphatic rings. The molecule has 0 fully saturated rings. The Morgan fingerprint density at radius 1 is 1.03 bits per heavy atom. The molecule has 0 bridgehead atoms. The van der Waals surface area contributed by atoms with Gasteiger partial charge in [0.15, 0.2) is 11.5 Å². The maximum absolute atomic E-state index is 9.73. The second-order valence-corrected chi connectivity index (χ2v) is 7.34. The Bertz CT molecular complexity index is 1080. The van der Waals surface area contributed by atoms with E-state index in [1.807, 2.05) is 5.38 Å². The van der Waals surface area contributed by atoms with Gasteiger partial charge in [-0.15, -0.1) is 11.3 Å². The summed E-state index contributed by atoms with van der Waals surface area (Å²) in [5.41, 5.74) is 5.55. The van der Waals surface area contributed by atoms with Crippen LogP contribution in [0.1, 0.15) is 21.7 Å². The number of hydrogen-bond donors (Lipinski definition) is 0. The molecule has 2 aromatic carbocycles. The lowest BCUT2D eigenvalue weighted by Gasteiger charge is -2.13. The fourth-order valence-electron chi connectivity index (χ4n) is 3.12. The number of methoxy groups -OCH3 is 3. The van der Waals surface area contributed by atoms with Gasteiger partial charge in [0, 0.05) is 10.9 Å². The Kier molecular flexibility index (Phi) is 6.20. The molecular weight excluding hydrogens is 384 g/mol. The Labute approximate surface area is 174 Å². The summed E-state index contributed by atoms with van der Waals surface area (Å²) in [6.45, 7) is 4.13. The van der Waals surface area contributed by atoms with Gasteiger partial charge in [-0.05, 0) is 43.2 Å². The van der Waals surface area contributed by atoms with Crippen molar-refractivity contribution in [1.82, 2.24) is 4.98 Å². The first-order chi connectivity index (χ1) is 14.0. The number of ether oxygens (including phenoxy) is 3. The molecule has 29 heavy (non-hydrogen) atoms. The maximum atomic E-state index is 9.73. The molecular formula is C23H22N2O3S. The van der Waals surface area contributed by atoms with Crippen LogP contribution in [-0.4, -0.2) is 26.3 Å². The summed E-state index contributed by atoms with van der Waals surface area (Å²) in [6.07, 6.45) is 1.77. The first-order valence-corrected chi connectivity index (χ1v) is 9.84. The SMILES string of the molecule is COc1cc(/C=C(/C#N)c2nc(-c3ccc(C)cc3C)cs2)cc(OC)c1OC. The fraction of sp³-hybridized carbons (Fsp3) is 0.217. The number of hydrogen-bond acceptors (Lipinski definition) is 6. The average molecular weight is 407 g/mol. The van der Waals surface area contributed by atoms with Gasteiger partial charge in [0.25, 0.3) is 0 Å². The fourth-order valence-corrected chi connectivity index (χ4v) is 3.90. The van der Waals surface area contributed by atoms with Gasteiger partial charge in [-0.3, -0.25) is 0 Å². The normalized spacial score (nSPS) is 11.1. The third-order valence-electron chi connectivity index (χ3n) is 4.51. The van der Waals surface area contributed by atoms with E-state index in [2.05, 4.69) is 38.1 Å². The van der Waals surface area contributed by atoms with E-state index in [-0.39, 0.29) is 0 Å². The molecule has 0 unspecified atom stereocenters. The predicted molar refractivity (Wildman–Crippen MR) is 117 cm³/mol. The van der Waals surface area contributed by atoms with Crippen LogP contribution in [0.3, 0.4) is 0 Å². The van der Waals surface area contributed by atoms with Gasteiger partial charge in [-0.25, -0.2) is 4.98 Å². The molecule has 3 rings (SSSR count). The van der Waals surface area contributed by atoms with Crippen molar-refractivity contribution in [3.05, 3.63) is 57.4 Å². The highest BCUT2D eigenvalue weighted by Gasteiger charge is 2.15. The van der Waals surface area contributed by atoms with Crippen molar-refractivity contribution in [1.29, 1.82) is 5.26 Å². The number of aryl methyl sites for hydroxylation is 2. The Balaban J connectivity index is 2.02. The number of benzene rings is 2. The van der Waals surface area contributed by atoms with Crippen LogP contribution < -0.4 is 14.2 Å². The predicted octanol–water partition coefficient (Wildman–Crippen LogP) is 5.52. The lowest BCUT2D eigenvalue weighted by Crippen LogP contribution is -1.95. The van der Waals surface area contributed by atoms with E-state index in [1.54, 1.807) is 39.5 Å². The number of thiazole rings is 1. The third-order valence-corrected chi connectivity index (χ3v) is 5.39. The van der Waals surface area contributed by atoms with Gasteiger partial charge in [-0.2, -0.15) is 5.26 Å². The molecule has 0 spiro atoms. The summed E-state index contributed by atoms with van der Waals surface area (Å²) in [5, 5.41) is 12.4. The van der Waals surface area contributed by atoms with Crippen LogP contribution >= 0.6 is 11.3 Å². The Hall–Kier alpha value is -3.30. The van der Waals surface area contributed by atoms with Gasteiger partial charge < -0.3 is 14.2 Å². The van der Waals surface area contributed by atoms with Crippen molar-refractivity contribution < 1.29 is 14.2 Å². The summed E-state index contributed by atoms with van der Waals surface area (Å²) in [4.78, 5) is 4.70. The van der Waals surface area contributed by atoms with Crippen LogP contribution in [0.4, 0.5) is 0 Å². The monoisotopic (exact) mass is 406 g/mol. The lowest BCUT2D eigenvalue weighted by atomic mass is 10.0. The molecule has 3 aromatic rings. The van der Waals surface area contributed by atoms with Gasteiger partial charge in [-0.1, -0.05) is 23.8 Å². The number of nitrogens with zero attached hydrogens (tertiary/aromatic N) is 2. The molecule has 0 amide bonds. The minimum Gasteiger partial charge on any atom is -0.493 e. The van der Waals surface area contributed by atoms with Crippen molar-refractivity contribution in [3.63, 3.8) is 0 Å². The van der Waals surface area contributed by atoms with Crippen LogP contribution in [0.15, 0.2) is 35.7 Å². The van der Waals surface area contributed by atoms with Crippen molar-refractivity contribution >= 4 is 23.0 Å². The molecule has 0 aliphatic carbocycles. The van der Waals surface area contributed by atoms with Gasteiger partial charge >= 0.3 is 0 Å². The molecule has 0 saturated heterocycles. The average Bonchev–Trinajstić information content (AvgIpc) is 3.20. The molecule has 0 saturated carbocycles. The molecule has 0 radical (unpaired) electrons. The van der Waals surface area contributed by atoms with E-state index < -0.39 is 0 Å². The zero-order valence-corrected chi connectivity index (χ0v) is 17.9.